The predicted molar refractivity (Wildman–Crippen MR) is 137 cm³/mol. The molecule has 11 heteroatoms. The van der Waals surface area contributed by atoms with Gasteiger partial charge in [-0.3, -0.25) is 9.59 Å². The van der Waals surface area contributed by atoms with Crippen molar-refractivity contribution in [3.8, 4) is 29.1 Å². The second kappa shape index (κ2) is 11.9. The van der Waals surface area contributed by atoms with Crippen molar-refractivity contribution >= 4 is 34.0 Å². The Hall–Kier alpha value is -4.56. The molecule has 0 aromatic heterocycles. The lowest BCUT2D eigenvalue weighted by atomic mass is 10.1. The summed E-state index contributed by atoms with van der Waals surface area (Å²) in [6, 6.07) is 17.4. The smallest absolute Gasteiger partial charge is 0.259 e. The first kappa shape index (κ1) is 25.5. The number of fused-ring (bicyclic) bond motifs is 1. The highest BCUT2D eigenvalue weighted by atomic mass is 79.9. The summed E-state index contributed by atoms with van der Waals surface area (Å²) in [6.07, 6.45) is 1.44. The van der Waals surface area contributed by atoms with Crippen LogP contribution in [0.1, 0.15) is 27.0 Å². The van der Waals surface area contributed by atoms with Crippen molar-refractivity contribution in [2.75, 3.05) is 20.4 Å². The predicted octanol–water partition coefficient (Wildman–Crippen LogP) is 3.52. The quantitative estimate of drug-likeness (QED) is 0.300. The van der Waals surface area contributed by atoms with E-state index in [9.17, 15) is 9.59 Å². The number of hydrazone groups is 1. The van der Waals surface area contributed by atoms with Crippen LogP contribution in [0.4, 0.5) is 0 Å². The molecule has 0 saturated carbocycles. The third kappa shape index (κ3) is 6.56. The van der Waals surface area contributed by atoms with Crippen molar-refractivity contribution in [1.82, 2.24) is 10.7 Å². The Balaban J connectivity index is 1.30. The van der Waals surface area contributed by atoms with Gasteiger partial charge in [0.25, 0.3) is 11.8 Å². The van der Waals surface area contributed by atoms with Gasteiger partial charge in [0.1, 0.15) is 6.61 Å². The van der Waals surface area contributed by atoms with Crippen LogP contribution >= 0.6 is 15.9 Å². The molecule has 2 amide bonds. The van der Waals surface area contributed by atoms with Crippen molar-refractivity contribution in [2.24, 2.45) is 5.10 Å². The van der Waals surface area contributed by atoms with Crippen LogP contribution in [0.3, 0.4) is 0 Å². The SMILES string of the molecule is COc1cc(C=NNC(=O)CNC(=O)c2ccc3c(c2)OCO3)cc(Br)c1OCc1ccc(C#N)cc1. The fraction of sp³-hybridized carbons (Fsp3) is 0.154. The van der Waals surface area contributed by atoms with Crippen molar-refractivity contribution in [1.29, 1.82) is 5.26 Å². The second-order valence-corrected chi connectivity index (χ2v) is 8.53. The molecule has 4 rings (SSSR count). The second-order valence-electron chi connectivity index (χ2n) is 7.68. The van der Waals surface area contributed by atoms with Crippen LogP contribution in [0.5, 0.6) is 23.0 Å². The van der Waals surface area contributed by atoms with Crippen LogP contribution < -0.4 is 29.7 Å². The largest absolute Gasteiger partial charge is 0.493 e. The first-order valence-corrected chi connectivity index (χ1v) is 11.7. The molecule has 2 N–H and O–H groups in total. The molecular weight excluding hydrogens is 544 g/mol. The topological polar surface area (TPSA) is 131 Å². The number of amides is 2. The number of rotatable bonds is 9. The monoisotopic (exact) mass is 564 g/mol. The fourth-order valence-corrected chi connectivity index (χ4v) is 3.88. The summed E-state index contributed by atoms with van der Waals surface area (Å²) in [7, 11) is 1.52. The number of nitriles is 1. The number of hydrogen-bond acceptors (Lipinski definition) is 8. The Kier molecular flexibility index (Phi) is 8.22. The van der Waals surface area contributed by atoms with Gasteiger partial charge < -0.3 is 24.3 Å². The maximum Gasteiger partial charge on any atom is 0.259 e. The highest BCUT2D eigenvalue weighted by molar-refractivity contribution is 9.10. The fourth-order valence-electron chi connectivity index (χ4n) is 3.30. The molecule has 0 fully saturated rings. The lowest BCUT2D eigenvalue weighted by Crippen LogP contribution is -2.34. The van der Waals surface area contributed by atoms with Crippen LogP contribution in [0.25, 0.3) is 0 Å². The Morgan fingerprint density at radius 1 is 1.14 bits per heavy atom. The minimum absolute atomic E-state index is 0.109. The van der Waals surface area contributed by atoms with Gasteiger partial charge in [0.2, 0.25) is 6.79 Å². The summed E-state index contributed by atoms with van der Waals surface area (Å²) in [6.45, 7) is 0.125. The lowest BCUT2D eigenvalue weighted by Gasteiger charge is -2.13. The van der Waals surface area contributed by atoms with E-state index in [0.29, 0.717) is 44.2 Å². The van der Waals surface area contributed by atoms with Gasteiger partial charge >= 0.3 is 0 Å². The molecule has 37 heavy (non-hydrogen) atoms. The van der Waals surface area contributed by atoms with Crippen LogP contribution in [0.2, 0.25) is 0 Å². The van der Waals surface area contributed by atoms with Gasteiger partial charge in [-0.05, 0) is 69.5 Å². The minimum Gasteiger partial charge on any atom is -0.493 e. The highest BCUT2D eigenvalue weighted by Crippen LogP contribution is 2.37. The number of nitrogens with one attached hydrogen (secondary N) is 2. The van der Waals surface area contributed by atoms with Crippen LogP contribution in [0, 0.1) is 11.3 Å². The van der Waals surface area contributed by atoms with E-state index in [-0.39, 0.29) is 19.9 Å². The average Bonchev–Trinajstić information content (AvgIpc) is 3.39. The number of carbonyl (C=O) groups is 2. The molecule has 1 heterocycles. The molecule has 0 atom stereocenters. The molecule has 0 unspecified atom stereocenters. The summed E-state index contributed by atoms with van der Waals surface area (Å²) < 4.78 is 22.4. The molecule has 0 aliphatic carbocycles. The third-order valence-electron chi connectivity index (χ3n) is 5.17. The number of ether oxygens (including phenoxy) is 4. The van der Waals surface area contributed by atoms with E-state index < -0.39 is 11.8 Å². The van der Waals surface area contributed by atoms with E-state index >= 15 is 0 Å². The van der Waals surface area contributed by atoms with Crippen LogP contribution in [0.15, 0.2) is 64.2 Å². The summed E-state index contributed by atoms with van der Waals surface area (Å²) >= 11 is 3.48. The Morgan fingerprint density at radius 2 is 1.92 bits per heavy atom. The van der Waals surface area contributed by atoms with Gasteiger partial charge in [-0.25, -0.2) is 5.43 Å². The number of carbonyl (C=O) groups excluding carboxylic acids is 2. The standard InChI is InChI=1S/C26H21BrN4O6/c1-34-23-9-18(8-20(27)25(23)35-14-17-4-2-16(11-28)3-5-17)12-30-31-24(32)13-29-26(33)19-6-7-21-22(10-19)37-15-36-21/h2-10,12H,13-15H2,1H3,(H,29,33)(H,31,32). The zero-order valence-electron chi connectivity index (χ0n) is 19.6. The zero-order chi connectivity index (χ0) is 26.2. The highest BCUT2D eigenvalue weighted by Gasteiger charge is 2.16. The van der Waals surface area contributed by atoms with Gasteiger partial charge in [0.15, 0.2) is 23.0 Å². The van der Waals surface area contributed by atoms with Crippen molar-refractivity contribution in [3.05, 3.63) is 81.3 Å². The minimum atomic E-state index is -0.501. The Labute approximate surface area is 220 Å². The summed E-state index contributed by atoms with van der Waals surface area (Å²) in [4.78, 5) is 24.4. The average molecular weight is 565 g/mol. The number of halogens is 1. The molecule has 10 nitrogen and oxygen atoms in total. The molecule has 0 spiro atoms. The molecule has 0 saturated heterocycles. The third-order valence-corrected chi connectivity index (χ3v) is 5.75. The van der Waals surface area contributed by atoms with E-state index in [1.165, 1.54) is 13.3 Å². The maximum absolute atomic E-state index is 12.3. The molecule has 1 aliphatic rings. The van der Waals surface area contributed by atoms with Crippen molar-refractivity contribution < 1.29 is 28.5 Å². The van der Waals surface area contributed by atoms with E-state index in [2.05, 4.69) is 37.8 Å². The summed E-state index contributed by atoms with van der Waals surface area (Å²) in [5, 5.41) is 15.4. The molecule has 1 aliphatic heterocycles. The van der Waals surface area contributed by atoms with Gasteiger partial charge in [-0.1, -0.05) is 12.1 Å². The van der Waals surface area contributed by atoms with Crippen molar-refractivity contribution in [3.63, 3.8) is 0 Å². The molecular formula is C26H21BrN4O6. The van der Waals surface area contributed by atoms with E-state index in [1.807, 2.05) is 12.1 Å². The number of nitrogens with zero attached hydrogens (tertiary/aromatic N) is 2. The van der Waals surface area contributed by atoms with E-state index in [1.54, 1.807) is 42.5 Å². The van der Waals surface area contributed by atoms with Crippen LogP contribution in [-0.2, 0) is 11.4 Å². The van der Waals surface area contributed by atoms with Gasteiger partial charge in [-0.15, -0.1) is 0 Å². The summed E-state index contributed by atoms with van der Waals surface area (Å²) in [5.41, 5.74) is 4.82. The number of hydrogen-bond donors (Lipinski definition) is 2. The molecule has 0 bridgehead atoms. The van der Waals surface area contributed by atoms with E-state index in [0.717, 1.165) is 5.56 Å². The Bertz CT molecular complexity index is 1390. The first-order chi connectivity index (χ1) is 18.0. The normalized spacial score (nSPS) is 11.6. The van der Waals surface area contributed by atoms with Gasteiger partial charge in [0, 0.05) is 5.56 Å². The zero-order valence-corrected chi connectivity index (χ0v) is 21.2. The molecule has 3 aromatic rings. The Morgan fingerprint density at radius 3 is 2.68 bits per heavy atom. The maximum atomic E-state index is 12.3. The number of methoxy groups -OCH3 is 1. The summed E-state index contributed by atoms with van der Waals surface area (Å²) in [5.74, 6) is 1.08. The van der Waals surface area contributed by atoms with Gasteiger partial charge in [0.05, 0.1) is 36.0 Å². The number of benzene rings is 3. The van der Waals surface area contributed by atoms with Gasteiger partial charge in [-0.2, -0.15) is 10.4 Å². The van der Waals surface area contributed by atoms with Crippen LogP contribution in [-0.4, -0.2) is 38.5 Å². The van der Waals surface area contributed by atoms with E-state index in [4.69, 9.17) is 24.2 Å². The van der Waals surface area contributed by atoms with Crippen molar-refractivity contribution in [2.45, 2.75) is 6.61 Å². The molecule has 3 aromatic carbocycles. The molecule has 188 valence electrons. The molecule has 0 radical (unpaired) electrons. The lowest BCUT2D eigenvalue weighted by molar-refractivity contribution is -0.120. The first-order valence-electron chi connectivity index (χ1n) is 11.0.